The van der Waals surface area contributed by atoms with Gasteiger partial charge in [-0.05, 0) is 24.3 Å². The second-order valence-corrected chi connectivity index (χ2v) is 3.93. The van der Waals surface area contributed by atoms with Crippen molar-refractivity contribution in [3.05, 3.63) is 41.2 Å². The van der Waals surface area contributed by atoms with Crippen molar-refractivity contribution in [3.63, 3.8) is 0 Å². The summed E-state index contributed by atoms with van der Waals surface area (Å²) in [5.74, 6) is 0.276. The van der Waals surface area contributed by atoms with Gasteiger partial charge >= 0.3 is 0 Å². The molecule has 1 heterocycles. The maximum absolute atomic E-state index is 12.6. The van der Waals surface area contributed by atoms with Gasteiger partial charge in [-0.1, -0.05) is 11.3 Å². The lowest BCUT2D eigenvalue weighted by atomic mass is 10.3. The number of rotatable bonds is 3. The molecule has 3 nitrogen and oxygen atoms in total. The number of nitrogens with zero attached hydrogens (tertiary/aromatic N) is 1. The van der Waals surface area contributed by atoms with Crippen LogP contribution in [0, 0.1) is 5.82 Å². The van der Waals surface area contributed by atoms with Crippen LogP contribution in [0.2, 0.25) is 0 Å². The molecule has 2 N–H and O–H groups in total. The monoisotopic (exact) mass is 260 g/mol. The maximum Gasteiger partial charge on any atom is 0.278 e. The van der Waals surface area contributed by atoms with E-state index in [1.807, 2.05) is 0 Å². The van der Waals surface area contributed by atoms with E-state index in [9.17, 15) is 4.39 Å². The minimum atomic E-state index is -0.288. The Hall–Kier alpha value is -1.17. The molecule has 2 aromatic rings. The van der Waals surface area contributed by atoms with E-state index >= 15 is 0 Å². The van der Waals surface area contributed by atoms with Crippen LogP contribution in [0.1, 0.15) is 4.88 Å². The van der Waals surface area contributed by atoms with Gasteiger partial charge in [-0.3, -0.25) is 0 Å². The van der Waals surface area contributed by atoms with Crippen LogP contribution in [0.5, 0.6) is 10.9 Å². The van der Waals surface area contributed by atoms with Gasteiger partial charge in [0.2, 0.25) is 0 Å². The number of benzene rings is 1. The maximum atomic E-state index is 12.6. The summed E-state index contributed by atoms with van der Waals surface area (Å²) in [6, 6.07) is 5.79. The van der Waals surface area contributed by atoms with Gasteiger partial charge < -0.3 is 10.5 Å². The summed E-state index contributed by atoms with van der Waals surface area (Å²) in [6.45, 7) is 0.449. The van der Waals surface area contributed by atoms with E-state index in [2.05, 4.69) is 4.98 Å². The number of ether oxygens (including phenoxy) is 1. The Bertz CT molecular complexity index is 446. The summed E-state index contributed by atoms with van der Waals surface area (Å²) in [4.78, 5) is 4.98. The van der Waals surface area contributed by atoms with Crippen molar-refractivity contribution < 1.29 is 9.13 Å². The summed E-state index contributed by atoms with van der Waals surface area (Å²) in [7, 11) is 0. The highest BCUT2D eigenvalue weighted by atomic mass is 35.5. The molecule has 2 rings (SSSR count). The van der Waals surface area contributed by atoms with Crippen LogP contribution in [0.4, 0.5) is 4.39 Å². The van der Waals surface area contributed by atoms with Crippen molar-refractivity contribution in [2.45, 2.75) is 6.54 Å². The third-order valence-electron chi connectivity index (χ3n) is 1.75. The summed E-state index contributed by atoms with van der Waals surface area (Å²) in [6.07, 6.45) is 1.67. The zero-order valence-corrected chi connectivity index (χ0v) is 9.85. The van der Waals surface area contributed by atoms with Gasteiger partial charge in [0.1, 0.15) is 11.6 Å². The molecule has 1 aromatic heterocycles. The molecule has 0 spiro atoms. The second-order valence-electron chi connectivity index (χ2n) is 2.85. The first kappa shape index (κ1) is 12.9. The van der Waals surface area contributed by atoms with Crippen molar-refractivity contribution in [3.8, 4) is 10.9 Å². The molecule has 0 aliphatic carbocycles. The van der Waals surface area contributed by atoms with Crippen molar-refractivity contribution in [1.82, 2.24) is 4.98 Å². The van der Waals surface area contributed by atoms with Gasteiger partial charge in [0.15, 0.2) is 0 Å². The SMILES string of the molecule is Cl.NCc1cnc(Oc2ccc(F)cc2)s1. The fraction of sp³-hybridized carbons (Fsp3) is 0.100. The Morgan fingerprint density at radius 3 is 2.56 bits per heavy atom. The fourth-order valence-electron chi connectivity index (χ4n) is 1.03. The molecule has 0 unspecified atom stereocenters. The number of thiazole rings is 1. The van der Waals surface area contributed by atoms with E-state index in [1.54, 1.807) is 18.3 Å². The van der Waals surface area contributed by atoms with Crippen LogP contribution < -0.4 is 10.5 Å². The first-order valence-electron chi connectivity index (χ1n) is 4.36. The second kappa shape index (κ2) is 5.79. The minimum Gasteiger partial charge on any atom is -0.431 e. The average molecular weight is 261 g/mol. The van der Waals surface area contributed by atoms with Crippen molar-refractivity contribution in [1.29, 1.82) is 0 Å². The lowest BCUT2D eigenvalue weighted by Gasteiger charge is -1.99. The number of nitrogens with two attached hydrogens (primary N) is 1. The third-order valence-corrected chi connectivity index (χ3v) is 2.65. The molecule has 0 atom stereocenters. The number of aromatic nitrogens is 1. The van der Waals surface area contributed by atoms with Gasteiger partial charge in [-0.2, -0.15) is 0 Å². The molecule has 16 heavy (non-hydrogen) atoms. The van der Waals surface area contributed by atoms with Crippen LogP contribution in [-0.2, 0) is 6.54 Å². The van der Waals surface area contributed by atoms with Gasteiger partial charge in [0.25, 0.3) is 5.19 Å². The van der Waals surface area contributed by atoms with Crippen molar-refractivity contribution in [2.24, 2.45) is 5.73 Å². The molecule has 0 aliphatic rings. The highest BCUT2D eigenvalue weighted by molar-refractivity contribution is 7.13. The van der Waals surface area contributed by atoms with E-state index in [1.165, 1.54) is 23.5 Å². The number of halogens is 2. The molecular formula is C10H10ClFN2OS. The Morgan fingerprint density at radius 1 is 1.31 bits per heavy atom. The third kappa shape index (κ3) is 3.16. The van der Waals surface area contributed by atoms with E-state index in [-0.39, 0.29) is 18.2 Å². The highest BCUT2D eigenvalue weighted by Crippen LogP contribution is 2.26. The molecular weight excluding hydrogens is 251 g/mol. The summed E-state index contributed by atoms with van der Waals surface area (Å²) in [5, 5.41) is 0.516. The quantitative estimate of drug-likeness (QED) is 0.923. The summed E-state index contributed by atoms with van der Waals surface area (Å²) in [5.41, 5.74) is 5.44. The van der Waals surface area contributed by atoms with E-state index in [0.29, 0.717) is 17.5 Å². The molecule has 0 fully saturated rings. The fourth-order valence-corrected chi connectivity index (χ4v) is 1.69. The van der Waals surface area contributed by atoms with E-state index in [0.717, 1.165) is 4.88 Å². The first-order valence-corrected chi connectivity index (χ1v) is 5.18. The van der Waals surface area contributed by atoms with Gasteiger partial charge in [0.05, 0.1) is 0 Å². The smallest absolute Gasteiger partial charge is 0.278 e. The van der Waals surface area contributed by atoms with Crippen LogP contribution in [0.25, 0.3) is 0 Å². The van der Waals surface area contributed by atoms with Crippen LogP contribution in [0.15, 0.2) is 30.5 Å². The van der Waals surface area contributed by atoms with Crippen molar-refractivity contribution in [2.75, 3.05) is 0 Å². The lowest BCUT2D eigenvalue weighted by molar-refractivity contribution is 0.477. The first-order chi connectivity index (χ1) is 7.28. The molecule has 0 amide bonds. The average Bonchev–Trinajstić information content (AvgIpc) is 2.69. The molecule has 6 heteroatoms. The molecule has 0 saturated carbocycles. The van der Waals surface area contributed by atoms with Crippen LogP contribution >= 0.6 is 23.7 Å². The zero-order chi connectivity index (χ0) is 10.7. The van der Waals surface area contributed by atoms with Crippen LogP contribution in [0.3, 0.4) is 0 Å². The summed E-state index contributed by atoms with van der Waals surface area (Å²) < 4.78 is 18.0. The Balaban J connectivity index is 0.00000128. The molecule has 0 radical (unpaired) electrons. The van der Waals surface area contributed by atoms with Crippen LogP contribution in [-0.4, -0.2) is 4.98 Å². The highest BCUT2D eigenvalue weighted by Gasteiger charge is 2.02. The molecule has 0 aliphatic heterocycles. The normalized spacial score (nSPS) is 9.62. The molecule has 0 bridgehead atoms. The van der Waals surface area contributed by atoms with Gasteiger partial charge in [0, 0.05) is 17.6 Å². The standard InChI is InChI=1S/C10H9FN2OS.ClH/c11-7-1-3-8(4-2-7)14-10-13-6-9(5-12)15-10;/h1-4,6H,5,12H2;1H. The predicted molar refractivity (Wildman–Crippen MR) is 63.7 cm³/mol. The molecule has 86 valence electrons. The van der Waals surface area contributed by atoms with Gasteiger partial charge in [-0.15, -0.1) is 12.4 Å². The predicted octanol–water partition coefficient (Wildman–Crippen LogP) is 2.96. The minimum absolute atomic E-state index is 0. The topological polar surface area (TPSA) is 48.1 Å². The zero-order valence-electron chi connectivity index (χ0n) is 8.22. The van der Waals surface area contributed by atoms with Gasteiger partial charge in [-0.25, -0.2) is 9.37 Å². The molecule has 1 aromatic carbocycles. The summed E-state index contributed by atoms with van der Waals surface area (Å²) >= 11 is 1.38. The molecule has 0 saturated heterocycles. The van der Waals surface area contributed by atoms with E-state index in [4.69, 9.17) is 10.5 Å². The lowest BCUT2D eigenvalue weighted by Crippen LogP contribution is -1.91. The van der Waals surface area contributed by atoms with Crippen molar-refractivity contribution >= 4 is 23.7 Å². The Kier molecular flexibility index (Phi) is 4.67. The number of hydrogen-bond acceptors (Lipinski definition) is 4. The Morgan fingerprint density at radius 2 is 2.00 bits per heavy atom. The largest absolute Gasteiger partial charge is 0.431 e. The number of hydrogen-bond donors (Lipinski definition) is 1. The Labute approximate surface area is 102 Å². The van der Waals surface area contributed by atoms with E-state index < -0.39 is 0 Å².